The van der Waals surface area contributed by atoms with Crippen molar-refractivity contribution < 1.29 is 18.3 Å². The summed E-state index contributed by atoms with van der Waals surface area (Å²) in [7, 11) is -2.14. The number of hydrogen-bond acceptors (Lipinski definition) is 7. The van der Waals surface area contributed by atoms with Crippen LogP contribution in [0.4, 0.5) is 10.5 Å². The molecular formula is C23H25N7O4S. The number of amides is 1. The zero-order valence-electron chi connectivity index (χ0n) is 19.1. The number of hydrogen-bond donors (Lipinski definition) is 2. The maximum absolute atomic E-state index is 13.6. The molecule has 3 heterocycles. The smallest absolute Gasteiger partial charge is 0.404 e. The molecular weight excluding hydrogens is 470 g/mol. The van der Waals surface area contributed by atoms with Crippen molar-refractivity contribution in [1.82, 2.24) is 24.2 Å². The number of sulfonamides is 1. The molecule has 3 aromatic rings. The molecule has 1 amide bonds. The Bertz CT molecular complexity index is 1350. The summed E-state index contributed by atoms with van der Waals surface area (Å²) in [5.74, 6) is 0. The van der Waals surface area contributed by atoms with Crippen LogP contribution >= 0.6 is 0 Å². The first kappa shape index (κ1) is 24.2. The number of aryl methyl sites for hydroxylation is 1. The Labute approximate surface area is 203 Å². The van der Waals surface area contributed by atoms with E-state index >= 15 is 0 Å². The predicted molar refractivity (Wildman–Crippen MR) is 127 cm³/mol. The Kier molecular flexibility index (Phi) is 6.99. The third-order valence-corrected chi connectivity index (χ3v) is 7.80. The SMILES string of the molecule is Cn1cncc1CN1CC(N(CCNC(=O)O)S(=O)(=O)c2ccccn2)Cc2cc(C#N)ccc21. The summed E-state index contributed by atoms with van der Waals surface area (Å²) in [6, 6.07) is 11.7. The molecule has 4 rings (SSSR count). The van der Waals surface area contributed by atoms with Crippen LogP contribution in [-0.2, 0) is 30.0 Å². The summed E-state index contributed by atoms with van der Waals surface area (Å²) in [4.78, 5) is 21.3. The molecule has 0 radical (unpaired) electrons. The number of fused-ring (bicyclic) bond motifs is 1. The molecule has 11 nitrogen and oxygen atoms in total. The number of carboxylic acid groups (broad SMARTS) is 1. The van der Waals surface area contributed by atoms with Crippen LogP contribution in [0.1, 0.15) is 16.8 Å². The maximum Gasteiger partial charge on any atom is 0.404 e. The Hall–Kier alpha value is -3.95. The molecule has 1 atom stereocenters. The minimum atomic E-state index is -4.03. The van der Waals surface area contributed by atoms with Gasteiger partial charge in [-0.15, -0.1) is 0 Å². The van der Waals surface area contributed by atoms with E-state index < -0.39 is 22.2 Å². The molecule has 35 heavy (non-hydrogen) atoms. The van der Waals surface area contributed by atoms with Crippen LogP contribution in [0, 0.1) is 11.3 Å². The van der Waals surface area contributed by atoms with Gasteiger partial charge in [0.2, 0.25) is 0 Å². The molecule has 0 bridgehead atoms. The van der Waals surface area contributed by atoms with Crippen molar-refractivity contribution in [2.45, 2.75) is 24.0 Å². The molecule has 1 aromatic carbocycles. The summed E-state index contributed by atoms with van der Waals surface area (Å²) < 4.78 is 30.5. The molecule has 1 aliphatic heterocycles. The Morgan fingerprint density at radius 2 is 2.17 bits per heavy atom. The Morgan fingerprint density at radius 1 is 1.34 bits per heavy atom. The van der Waals surface area contributed by atoms with Crippen LogP contribution in [0.3, 0.4) is 0 Å². The Balaban J connectivity index is 1.73. The van der Waals surface area contributed by atoms with E-state index in [2.05, 4.69) is 26.3 Å². The lowest BCUT2D eigenvalue weighted by Crippen LogP contribution is -2.52. The largest absolute Gasteiger partial charge is 0.465 e. The van der Waals surface area contributed by atoms with Crippen molar-refractivity contribution in [3.05, 3.63) is 71.9 Å². The van der Waals surface area contributed by atoms with Gasteiger partial charge in [0, 0.05) is 50.8 Å². The van der Waals surface area contributed by atoms with Crippen molar-refractivity contribution in [2.24, 2.45) is 7.05 Å². The lowest BCUT2D eigenvalue weighted by Gasteiger charge is -2.40. The van der Waals surface area contributed by atoms with Crippen molar-refractivity contribution in [3.63, 3.8) is 0 Å². The standard InChI is InChI=1S/C23H25N7O4S/c1-28-16-25-13-20(28)15-29-14-19(11-18-10-17(12-24)5-6-21(18)29)30(9-8-27-23(31)32)35(33,34)22-4-2-3-7-26-22/h2-7,10,13,16,19,27H,8-9,11,14-15H2,1H3,(H,31,32). The molecule has 1 aliphatic rings. The number of nitriles is 1. The van der Waals surface area contributed by atoms with E-state index in [1.807, 2.05) is 17.7 Å². The maximum atomic E-state index is 13.6. The lowest BCUT2D eigenvalue weighted by molar-refractivity contribution is 0.192. The van der Waals surface area contributed by atoms with Crippen molar-refractivity contribution in [1.29, 1.82) is 5.26 Å². The summed E-state index contributed by atoms with van der Waals surface area (Å²) >= 11 is 0. The first-order chi connectivity index (χ1) is 16.8. The van der Waals surface area contributed by atoms with E-state index in [1.54, 1.807) is 36.8 Å². The monoisotopic (exact) mass is 495 g/mol. The van der Waals surface area contributed by atoms with E-state index in [0.29, 0.717) is 25.1 Å². The highest BCUT2D eigenvalue weighted by Crippen LogP contribution is 2.32. The van der Waals surface area contributed by atoms with E-state index in [4.69, 9.17) is 5.11 Å². The van der Waals surface area contributed by atoms with Gasteiger partial charge in [-0.2, -0.15) is 9.57 Å². The van der Waals surface area contributed by atoms with Crippen LogP contribution < -0.4 is 10.2 Å². The summed E-state index contributed by atoms with van der Waals surface area (Å²) in [5.41, 5.74) is 3.18. The second-order valence-electron chi connectivity index (χ2n) is 8.21. The highest BCUT2D eigenvalue weighted by atomic mass is 32.2. The van der Waals surface area contributed by atoms with Gasteiger partial charge >= 0.3 is 6.09 Å². The topological polar surface area (TPSA) is 144 Å². The third kappa shape index (κ3) is 5.26. The van der Waals surface area contributed by atoms with Crippen LogP contribution in [0.2, 0.25) is 0 Å². The summed E-state index contributed by atoms with van der Waals surface area (Å²) in [6.45, 7) is 0.702. The molecule has 0 fully saturated rings. The average Bonchev–Trinajstić information content (AvgIpc) is 3.25. The minimum absolute atomic E-state index is 0.0668. The van der Waals surface area contributed by atoms with Gasteiger partial charge in [-0.25, -0.2) is 23.2 Å². The van der Waals surface area contributed by atoms with Gasteiger partial charge in [0.25, 0.3) is 10.0 Å². The van der Waals surface area contributed by atoms with Crippen LogP contribution in [0.5, 0.6) is 0 Å². The van der Waals surface area contributed by atoms with Crippen LogP contribution in [0.15, 0.2) is 60.1 Å². The second-order valence-corrected chi connectivity index (χ2v) is 10.0. The molecule has 182 valence electrons. The van der Waals surface area contributed by atoms with Gasteiger partial charge in [-0.05, 0) is 42.3 Å². The lowest BCUT2D eigenvalue weighted by atomic mass is 9.95. The van der Waals surface area contributed by atoms with Gasteiger partial charge < -0.3 is 19.9 Å². The number of imidazole rings is 1. The number of anilines is 1. The number of pyridine rings is 1. The molecule has 0 saturated heterocycles. The zero-order chi connectivity index (χ0) is 25.0. The molecule has 0 saturated carbocycles. The van der Waals surface area contributed by atoms with Crippen molar-refractivity contribution >= 4 is 21.8 Å². The van der Waals surface area contributed by atoms with E-state index in [9.17, 15) is 18.5 Å². The van der Waals surface area contributed by atoms with Gasteiger partial charge in [-0.3, -0.25) is 0 Å². The predicted octanol–water partition coefficient (Wildman–Crippen LogP) is 1.58. The van der Waals surface area contributed by atoms with Crippen LogP contribution in [0.25, 0.3) is 0 Å². The first-order valence-corrected chi connectivity index (χ1v) is 12.4. The fourth-order valence-electron chi connectivity index (χ4n) is 4.27. The minimum Gasteiger partial charge on any atom is -0.465 e. The summed E-state index contributed by atoms with van der Waals surface area (Å²) in [5, 5.41) is 20.6. The third-order valence-electron chi connectivity index (χ3n) is 5.93. The number of carbonyl (C=O) groups is 1. The highest BCUT2D eigenvalue weighted by molar-refractivity contribution is 7.89. The number of benzene rings is 1. The molecule has 2 N–H and O–H groups in total. The molecule has 2 aromatic heterocycles. The van der Waals surface area contributed by atoms with E-state index in [-0.39, 0.29) is 18.1 Å². The number of aromatic nitrogens is 3. The second kappa shape index (κ2) is 10.1. The van der Waals surface area contributed by atoms with Crippen LogP contribution in [-0.4, -0.2) is 64.1 Å². The molecule has 12 heteroatoms. The molecule has 0 spiro atoms. The zero-order valence-corrected chi connectivity index (χ0v) is 19.9. The fourth-order valence-corrected chi connectivity index (χ4v) is 5.82. The van der Waals surface area contributed by atoms with Gasteiger partial charge in [0.05, 0.1) is 30.2 Å². The molecule has 0 aliphatic carbocycles. The van der Waals surface area contributed by atoms with Crippen molar-refractivity contribution in [2.75, 3.05) is 24.5 Å². The van der Waals surface area contributed by atoms with E-state index in [1.165, 1.54) is 16.6 Å². The van der Waals surface area contributed by atoms with E-state index in [0.717, 1.165) is 16.9 Å². The molecule has 1 unspecified atom stereocenters. The quantitative estimate of drug-likeness (QED) is 0.479. The number of nitrogens with one attached hydrogen (secondary N) is 1. The number of rotatable bonds is 8. The summed E-state index contributed by atoms with van der Waals surface area (Å²) in [6.07, 6.45) is 4.00. The first-order valence-electron chi connectivity index (χ1n) is 10.9. The van der Waals surface area contributed by atoms with Gasteiger partial charge in [0.15, 0.2) is 5.03 Å². The Morgan fingerprint density at radius 3 is 2.83 bits per heavy atom. The normalized spacial score (nSPS) is 15.5. The van der Waals surface area contributed by atoms with Gasteiger partial charge in [0.1, 0.15) is 0 Å². The van der Waals surface area contributed by atoms with Gasteiger partial charge in [-0.1, -0.05) is 6.07 Å². The van der Waals surface area contributed by atoms with Crippen molar-refractivity contribution in [3.8, 4) is 6.07 Å². The number of nitrogens with zero attached hydrogens (tertiary/aromatic N) is 6. The fraction of sp³-hybridized carbons (Fsp3) is 0.304. The highest BCUT2D eigenvalue weighted by Gasteiger charge is 2.37. The average molecular weight is 496 g/mol.